The van der Waals surface area contributed by atoms with Gasteiger partial charge in [0, 0.05) is 15.4 Å². The second kappa shape index (κ2) is 5.80. The van der Waals surface area contributed by atoms with Gasteiger partial charge in [0.15, 0.2) is 0 Å². The number of amidine groups is 1. The average molecular weight is 272 g/mol. The molecule has 3 nitrogen and oxygen atoms in total. The molecule has 4 heteroatoms. The smallest absolute Gasteiger partial charge is 0.123 e. The molecule has 0 saturated heterocycles. The number of ether oxygens (including phenoxy) is 1. The molecule has 0 aliphatic rings. The molecule has 0 atom stereocenters. The molecule has 0 fully saturated rings. The summed E-state index contributed by atoms with van der Waals surface area (Å²) in [6.45, 7) is 1.96. The monoisotopic (exact) mass is 272 g/mol. The third-order valence-corrected chi connectivity index (χ3v) is 3.74. The summed E-state index contributed by atoms with van der Waals surface area (Å²) in [5, 5.41) is 7.48. The van der Waals surface area contributed by atoms with Crippen molar-refractivity contribution >= 4 is 17.6 Å². The SMILES string of the molecule is COc1cccc(Sc2ccc(C(=N)N)c(C)c2)c1. The van der Waals surface area contributed by atoms with Gasteiger partial charge in [-0.3, -0.25) is 5.41 Å². The van der Waals surface area contributed by atoms with Crippen LogP contribution in [0.4, 0.5) is 0 Å². The van der Waals surface area contributed by atoms with Crippen LogP contribution in [0.2, 0.25) is 0 Å². The molecule has 2 aromatic carbocycles. The van der Waals surface area contributed by atoms with Crippen LogP contribution >= 0.6 is 11.8 Å². The maximum absolute atomic E-state index is 7.48. The first kappa shape index (κ1) is 13.5. The minimum atomic E-state index is 0.107. The quantitative estimate of drug-likeness (QED) is 0.662. The number of nitrogen functional groups attached to an aromatic ring is 1. The van der Waals surface area contributed by atoms with Gasteiger partial charge in [-0.05, 0) is 48.9 Å². The molecule has 0 saturated carbocycles. The lowest BCUT2D eigenvalue weighted by Crippen LogP contribution is -2.12. The Labute approximate surface area is 117 Å². The fourth-order valence-electron chi connectivity index (χ4n) is 1.80. The predicted molar refractivity (Wildman–Crippen MR) is 79.3 cm³/mol. The van der Waals surface area contributed by atoms with Crippen LogP contribution in [0.5, 0.6) is 5.75 Å². The predicted octanol–water partition coefficient (Wildman–Crippen LogP) is 3.44. The standard InChI is InChI=1S/C15H16N2OS/c1-10-8-13(6-7-14(10)15(16)17)19-12-5-3-4-11(9-12)18-2/h3-9H,1-2H3,(H3,16,17). The Morgan fingerprint density at radius 3 is 2.53 bits per heavy atom. The summed E-state index contributed by atoms with van der Waals surface area (Å²) >= 11 is 1.66. The van der Waals surface area contributed by atoms with Crippen LogP contribution in [0, 0.1) is 12.3 Å². The largest absolute Gasteiger partial charge is 0.497 e. The maximum atomic E-state index is 7.48. The summed E-state index contributed by atoms with van der Waals surface area (Å²) < 4.78 is 5.21. The van der Waals surface area contributed by atoms with Crippen molar-refractivity contribution < 1.29 is 4.74 Å². The van der Waals surface area contributed by atoms with E-state index in [-0.39, 0.29) is 5.84 Å². The van der Waals surface area contributed by atoms with E-state index in [9.17, 15) is 0 Å². The van der Waals surface area contributed by atoms with Crippen LogP contribution < -0.4 is 10.5 Å². The third-order valence-electron chi connectivity index (χ3n) is 2.76. The molecular formula is C15H16N2OS. The molecule has 0 aromatic heterocycles. The Hall–Kier alpha value is -1.94. The maximum Gasteiger partial charge on any atom is 0.123 e. The Morgan fingerprint density at radius 2 is 1.89 bits per heavy atom. The minimum Gasteiger partial charge on any atom is -0.497 e. The molecule has 19 heavy (non-hydrogen) atoms. The summed E-state index contributed by atoms with van der Waals surface area (Å²) in [7, 11) is 1.66. The first-order chi connectivity index (χ1) is 9.10. The van der Waals surface area contributed by atoms with Crippen LogP contribution in [-0.4, -0.2) is 12.9 Å². The Morgan fingerprint density at radius 1 is 1.16 bits per heavy atom. The molecule has 98 valence electrons. The molecule has 0 unspecified atom stereocenters. The van der Waals surface area contributed by atoms with Crippen molar-refractivity contribution in [3.8, 4) is 5.75 Å². The number of nitrogens with two attached hydrogens (primary N) is 1. The zero-order chi connectivity index (χ0) is 13.8. The lowest BCUT2D eigenvalue weighted by Gasteiger charge is -2.08. The van der Waals surface area contributed by atoms with Crippen LogP contribution in [0.25, 0.3) is 0 Å². The Bertz CT molecular complexity index is 611. The number of hydrogen-bond acceptors (Lipinski definition) is 3. The van der Waals surface area contributed by atoms with E-state index in [0.717, 1.165) is 26.7 Å². The van der Waals surface area contributed by atoms with Crippen molar-refractivity contribution in [2.24, 2.45) is 5.73 Å². The second-order valence-electron chi connectivity index (χ2n) is 4.17. The molecule has 0 radical (unpaired) electrons. The first-order valence-corrected chi connectivity index (χ1v) is 6.69. The number of nitrogens with one attached hydrogen (secondary N) is 1. The summed E-state index contributed by atoms with van der Waals surface area (Å²) in [6.07, 6.45) is 0. The zero-order valence-corrected chi connectivity index (χ0v) is 11.8. The molecule has 0 aliphatic carbocycles. The Kier molecular flexibility index (Phi) is 4.12. The van der Waals surface area contributed by atoms with Gasteiger partial charge in [0.1, 0.15) is 11.6 Å². The van der Waals surface area contributed by atoms with E-state index in [1.807, 2.05) is 49.4 Å². The summed E-state index contributed by atoms with van der Waals surface area (Å²) in [5.41, 5.74) is 7.32. The number of rotatable bonds is 4. The molecule has 0 spiro atoms. The van der Waals surface area contributed by atoms with E-state index in [1.54, 1.807) is 18.9 Å². The molecule has 2 rings (SSSR count). The van der Waals surface area contributed by atoms with E-state index in [0.29, 0.717) is 0 Å². The fraction of sp³-hybridized carbons (Fsp3) is 0.133. The minimum absolute atomic E-state index is 0.107. The Balaban J connectivity index is 2.23. The van der Waals surface area contributed by atoms with Gasteiger partial charge in [0.05, 0.1) is 7.11 Å². The van der Waals surface area contributed by atoms with Crippen molar-refractivity contribution in [2.45, 2.75) is 16.7 Å². The first-order valence-electron chi connectivity index (χ1n) is 5.87. The van der Waals surface area contributed by atoms with Crippen LogP contribution in [0.15, 0.2) is 52.3 Å². The highest BCUT2D eigenvalue weighted by molar-refractivity contribution is 7.99. The van der Waals surface area contributed by atoms with Gasteiger partial charge < -0.3 is 10.5 Å². The fourth-order valence-corrected chi connectivity index (χ4v) is 2.77. The van der Waals surface area contributed by atoms with Crippen molar-refractivity contribution in [1.29, 1.82) is 5.41 Å². The molecule has 0 amide bonds. The molecule has 0 bridgehead atoms. The van der Waals surface area contributed by atoms with Crippen LogP contribution in [0.1, 0.15) is 11.1 Å². The average Bonchev–Trinajstić information content (AvgIpc) is 2.38. The summed E-state index contributed by atoms with van der Waals surface area (Å²) in [4.78, 5) is 2.24. The van der Waals surface area contributed by atoms with Gasteiger partial charge in [0.2, 0.25) is 0 Å². The van der Waals surface area contributed by atoms with Crippen molar-refractivity contribution in [3.05, 3.63) is 53.6 Å². The molecule has 2 aromatic rings. The lowest BCUT2D eigenvalue weighted by atomic mass is 10.1. The number of methoxy groups -OCH3 is 1. The van der Waals surface area contributed by atoms with Crippen molar-refractivity contribution in [3.63, 3.8) is 0 Å². The highest BCUT2D eigenvalue weighted by Crippen LogP contribution is 2.31. The molecule has 0 heterocycles. The summed E-state index contributed by atoms with van der Waals surface area (Å²) in [5.74, 6) is 0.956. The van der Waals surface area contributed by atoms with Gasteiger partial charge in [0.25, 0.3) is 0 Å². The van der Waals surface area contributed by atoms with Gasteiger partial charge in [-0.2, -0.15) is 0 Å². The van der Waals surface area contributed by atoms with Crippen molar-refractivity contribution in [1.82, 2.24) is 0 Å². The van der Waals surface area contributed by atoms with E-state index in [1.165, 1.54) is 0 Å². The second-order valence-corrected chi connectivity index (χ2v) is 5.32. The lowest BCUT2D eigenvalue weighted by molar-refractivity contribution is 0.413. The summed E-state index contributed by atoms with van der Waals surface area (Å²) in [6, 6.07) is 13.8. The van der Waals surface area contributed by atoms with Gasteiger partial charge >= 0.3 is 0 Å². The van der Waals surface area contributed by atoms with Crippen molar-refractivity contribution in [2.75, 3.05) is 7.11 Å². The molecule has 3 N–H and O–H groups in total. The highest BCUT2D eigenvalue weighted by Gasteiger charge is 2.04. The number of benzene rings is 2. The van der Waals surface area contributed by atoms with Gasteiger partial charge in [-0.15, -0.1) is 0 Å². The van der Waals surface area contributed by atoms with E-state index < -0.39 is 0 Å². The van der Waals surface area contributed by atoms with E-state index in [4.69, 9.17) is 15.9 Å². The highest BCUT2D eigenvalue weighted by atomic mass is 32.2. The number of aryl methyl sites for hydroxylation is 1. The molecule has 0 aliphatic heterocycles. The van der Waals surface area contributed by atoms with Crippen LogP contribution in [-0.2, 0) is 0 Å². The molecular weight excluding hydrogens is 256 g/mol. The van der Waals surface area contributed by atoms with Gasteiger partial charge in [-0.1, -0.05) is 17.8 Å². The van der Waals surface area contributed by atoms with E-state index >= 15 is 0 Å². The third kappa shape index (κ3) is 3.29. The normalized spacial score (nSPS) is 10.2. The van der Waals surface area contributed by atoms with Gasteiger partial charge in [-0.25, -0.2) is 0 Å². The van der Waals surface area contributed by atoms with E-state index in [2.05, 4.69) is 0 Å². The van der Waals surface area contributed by atoms with Crippen LogP contribution in [0.3, 0.4) is 0 Å². The zero-order valence-electron chi connectivity index (χ0n) is 10.9. The topological polar surface area (TPSA) is 59.1 Å². The number of hydrogen-bond donors (Lipinski definition) is 2.